The van der Waals surface area contributed by atoms with Crippen LogP contribution in [-0.2, 0) is 9.47 Å². The van der Waals surface area contributed by atoms with E-state index < -0.39 is 6.10 Å². The van der Waals surface area contributed by atoms with Gasteiger partial charge < -0.3 is 24.8 Å². The average Bonchev–Trinajstić information content (AvgIpc) is 3.01. The lowest BCUT2D eigenvalue weighted by Crippen LogP contribution is -2.40. The molecule has 136 valence electrons. The molecule has 1 heterocycles. The Hall–Kier alpha value is -2.12. The minimum Gasteiger partial charge on any atom is -0.459 e. The Labute approximate surface area is 146 Å². The van der Waals surface area contributed by atoms with Crippen LogP contribution in [0.2, 0.25) is 0 Å². The van der Waals surface area contributed by atoms with Gasteiger partial charge in [0.15, 0.2) is 0 Å². The number of rotatable bonds is 3. The molecule has 1 unspecified atom stereocenters. The Morgan fingerprint density at radius 1 is 1.20 bits per heavy atom. The van der Waals surface area contributed by atoms with Crippen molar-refractivity contribution < 1.29 is 24.2 Å². The van der Waals surface area contributed by atoms with Crippen LogP contribution in [0.1, 0.15) is 36.0 Å². The molecule has 2 N–H and O–H groups in total. The van der Waals surface area contributed by atoms with Crippen LogP contribution in [0, 0.1) is 0 Å². The van der Waals surface area contributed by atoms with Crippen LogP contribution in [0.3, 0.4) is 0 Å². The fourth-order valence-electron chi connectivity index (χ4n) is 3.09. The van der Waals surface area contributed by atoms with E-state index in [-0.39, 0.29) is 31.3 Å². The highest BCUT2D eigenvalue weighted by atomic mass is 16.5. The summed E-state index contributed by atoms with van der Waals surface area (Å²) in [7, 11) is 0. The maximum Gasteiger partial charge on any atom is 0.338 e. The van der Waals surface area contributed by atoms with Gasteiger partial charge in [-0.05, 0) is 49.9 Å². The van der Waals surface area contributed by atoms with Gasteiger partial charge in [-0.3, -0.25) is 0 Å². The molecule has 1 aliphatic heterocycles. The quantitative estimate of drug-likeness (QED) is 0.816. The molecule has 1 aliphatic carbocycles. The molecule has 3 rings (SSSR count). The van der Waals surface area contributed by atoms with Gasteiger partial charge in [-0.2, -0.15) is 0 Å². The number of amides is 2. The van der Waals surface area contributed by atoms with E-state index in [2.05, 4.69) is 5.32 Å². The summed E-state index contributed by atoms with van der Waals surface area (Å²) in [6, 6.07) is 6.34. The fraction of sp³-hybridized carbons (Fsp3) is 0.556. The zero-order valence-corrected chi connectivity index (χ0v) is 14.1. The molecule has 1 saturated heterocycles. The van der Waals surface area contributed by atoms with E-state index in [1.807, 2.05) is 0 Å². The van der Waals surface area contributed by atoms with E-state index in [1.54, 1.807) is 24.3 Å². The third-order valence-electron chi connectivity index (χ3n) is 4.48. The third-order valence-corrected chi connectivity index (χ3v) is 4.48. The molecule has 1 aromatic carbocycles. The summed E-state index contributed by atoms with van der Waals surface area (Å²) < 4.78 is 10.7. The monoisotopic (exact) mass is 348 g/mol. The summed E-state index contributed by atoms with van der Waals surface area (Å²) in [5, 5.41) is 12.5. The number of esters is 1. The van der Waals surface area contributed by atoms with Gasteiger partial charge in [0, 0.05) is 12.2 Å². The maximum absolute atomic E-state index is 12.3. The van der Waals surface area contributed by atoms with Crippen molar-refractivity contribution in [2.24, 2.45) is 0 Å². The van der Waals surface area contributed by atoms with Crippen LogP contribution in [0.5, 0.6) is 0 Å². The van der Waals surface area contributed by atoms with Gasteiger partial charge >= 0.3 is 12.0 Å². The fourth-order valence-corrected chi connectivity index (χ4v) is 3.09. The number of aliphatic hydroxyl groups is 1. The van der Waals surface area contributed by atoms with Gasteiger partial charge in [-0.15, -0.1) is 0 Å². The number of hydrogen-bond acceptors (Lipinski definition) is 5. The number of nitrogens with one attached hydrogen (secondary N) is 1. The van der Waals surface area contributed by atoms with Gasteiger partial charge in [0.05, 0.1) is 31.4 Å². The van der Waals surface area contributed by atoms with Crippen LogP contribution in [0.4, 0.5) is 10.5 Å². The number of anilines is 1. The Morgan fingerprint density at radius 2 is 1.92 bits per heavy atom. The van der Waals surface area contributed by atoms with Crippen LogP contribution >= 0.6 is 0 Å². The highest BCUT2D eigenvalue weighted by Gasteiger charge is 2.22. The molecule has 1 saturated carbocycles. The van der Waals surface area contributed by atoms with E-state index >= 15 is 0 Å². The van der Waals surface area contributed by atoms with Crippen LogP contribution in [0.25, 0.3) is 0 Å². The molecule has 0 spiro atoms. The topological polar surface area (TPSA) is 88.1 Å². The van der Waals surface area contributed by atoms with Crippen LogP contribution in [-0.4, -0.2) is 60.5 Å². The van der Waals surface area contributed by atoms with Gasteiger partial charge in [-0.1, -0.05) is 0 Å². The van der Waals surface area contributed by atoms with Gasteiger partial charge in [0.25, 0.3) is 0 Å². The number of benzene rings is 1. The number of urea groups is 1. The predicted molar refractivity (Wildman–Crippen MR) is 91.5 cm³/mol. The Bertz CT molecular complexity index is 598. The molecule has 0 bridgehead atoms. The number of carbonyl (C=O) groups is 2. The van der Waals surface area contributed by atoms with Crippen molar-refractivity contribution in [3.05, 3.63) is 29.8 Å². The number of hydrogen-bond donors (Lipinski definition) is 2. The molecule has 2 aliphatic rings. The molecular weight excluding hydrogens is 324 g/mol. The SMILES string of the molecule is O=C(OC1CCCC1)c1ccc(NC(=O)N2CCOCC(O)C2)cc1. The lowest BCUT2D eigenvalue weighted by atomic mass is 10.2. The van der Waals surface area contributed by atoms with Gasteiger partial charge in [0.2, 0.25) is 0 Å². The summed E-state index contributed by atoms with van der Waals surface area (Å²) in [6.07, 6.45) is 3.44. The van der Waals surface area contributed by atoms with Crippen molar-refractivity contribution in [1.29, 1.82) is 0 Å². The van der Waals surface area contributed by atoms with Crippen molar-refractivity contribution in [1.82, 2.24) is 4.90 Å². The summed E-state index contributed by atoms with van der Waals surface area (Å²) in [6.45, 7) is 1.30. The molecule has 2 amide bonds. The molecular formula is C18H24N2O5. The Morgan fingerprint density at radius 3 is 2.64 bits per heavy atom. The second-order valence-electron chi connectivity index (χ2n) is 6.49. The molecule has 25 heavy (non-hydrogen) atoms. The largest absolute Gasteiger partial charge is 0.459 e. The van der Waals surface area contributed by atoms with E-state index in [9.17, 15) is 14.7 Å². The Kier molecular flexibility index (Phi) is 5.88. The summed E-state index contributed by atoms with van der Waals surface area (Å²) >= 11 is 0. The number of carbonyl (C=O) groups excluding carboxylic acids is 2. The molecule has 7 nitrogen and oxygen atoms in total. The molecule has 2 fully saturated rings. The number of nitrogens with zero attached hydrogens (tertiary/aromatic N) is 1. The third kappa shape index (κ3) is 4.93. The standard InChI is InChI=1S/C18H24N2O5/c21-15-11-20(9-10-24-12-15)18(23)19-14-7-5-13(6-8-14)17(22)25-16-3-1-2-4-16/h5-8,15-16,21H,1-4,9-12H2,(H,19,23). The van der Waals surface area contributed by atoms with Crippen LogP contribution < -0.4 is 5.32 Å². The van der Waals surface area contributed by atoms with Crippen molar-refractivity contribution in [2.45, 2.75) is 37.9 Å². The number of β-amino-alcohol motifs (C(OH)–C–C–N with tert-alkyl or cyclic N) is 1. The lowest BCUT2D eigenvalue weighted by Gasteiger charge is -2.21. The normalized spacial score (nSPS) is 21.6. The van der Waals surface area contributed by atoms with Crippen molar-refractivity contribution in [3.8, 4) is 0 Å². The van der Waals surface area contributed by atoms with E-state index in [0.29, 0.717) is 24.4 Å². The zero-order valence-electron chi connectivity index (χ0n) is 14.1. The molecule has 7 heteroatoms. The predicted octanol–water partition coefficient (Wildman–Crippen LogP) is 2.01. The van der Waals surface area contributed by atoms with Crippen molar-refractivity contribution in [3.63, 3.8) is 0 Å². The first-order valence-corrected chi connectivity index (χ1v) is 8.74. The van der Waals surface area contributed by atoms with E-state index in [1.165, 1.54) is 4.90 Å². The van der Waals surface area contributed by atoms with Gasteiger partial charge in [0.1, 0.15) is 6.10 Å². The Balaban J connectivity index is 1.54. The number of ether oxygens (including phenoxy) is 2. The van der Waals surface area contributed by atoms with Gasteiger partial charge in [-0.25, -0.2) is 9.59 Å². The molecule has 0 radical (unpaired) electrons. The molecule has 1 aromatic rings. The minimum atomic E-state index is -0.680. The second-order valence-corrected chi connectivity index (χ2v) is 6.49. The highest BCUT2D eigenvalue weighted by Crippen LogP contribution is 2.22. The number of aliphatic hydroxyl groups excluding tert-OH is 1. The molecule has 0 aromatic heterocycles. The summed E-state index contributed by atoms with van der Waals surface area (Å²) in [5.74, 6) is -0.322. The first-order chi connectivity index (χ1) is 12.1. The lowest BCUT2D eigenvalue weighted by molar-refractivity contribution is 0.0318. The summed E-state index contributed by atoms with van der Waals surface area (Å²) in [4.78, 5) is 25.9. The maximum atomic E-state index is 12.3. The minimum absolute atomic E-state index is 0.0311. The zero-order chi connectivity index (χ0) is 17.6. The van der Waals surface area contributed by atoms with E-state index in [4.69, 9.17) is 9.47 Å². The van der Waals surface area contributed by atoms with Crippen LogP contribution in [0.15, 0.2) is 24.3 Å². The molecule has 1 atom stereocenters. The summed E-state index contributed by atoms with van der Waals surface area (Å²) in [5.41, 5.74) is 1.06. The first kappa shape index (κ1) is 17.7. The average molecular weight is 348 g/mol. The first-order valence-electron chi connectivity index (χ1n) is 8.74. The van der Waals surface area contributed by atoms with Crippen molar-refractivity contribution >= 4 is 17.7 Å². The highest BCUT2D eigenvalue weighted by molar-refractivity contribution is 5.92. The van der Waals surface area contributed by atoms with E-state index in [0.717, 1.165) is 25.7 Å². The second kappa shape index (κ2) is 8.31. The smallest absolute Gasteiger partial charge is 0.338 e. The van der Waals surface area contributed by atoms with Crippen molar-refractivity contribution in [2.75, 3.05) is 31.6 Å².